The van der Waals surface area contributed by atoms with E-state index < -0.39 is 11.7 Å². The van der Waals surface area contributed by atoms with Gasteiger partial charge in [0.2, 0.25) is 0 Å². The molecule has 1 aromatic heterocycles. The number of aryl methyl sites for hydroxylation is 1. The quantitative estimate of drug-likeness (QED) is 0.640. The van der Waals surface area contributed by atoms with Gasteiger partial charge in [-0.2, -0.15) is 0 Å². The van der Waals surface area contributed by atoms with Crippen LogP contribution in [-0.4, -0.2) is 28.2 Å². The van der Waals surface area contributed by atoms with Crippen molar-refractivity contribution < 1.29 is 9.53 Å². The van der Waals surface area contributed by atoms with Crippen molar-refractivity contribution in [1.82, 2.24) is 15.3 Å². The van der Waals surface area contributed by atoms with Crippen LogP contribution in [0.1, 0.15) is 65.4 Å². The van der Waals surface area contributed by atoms with Crippen LogP contribution in [-0.2, 0) is 11.2 Å². The van der Waals surface area contributed by atoms with Gasteiger partial charge in [0.05, 0.1) is 11.2 Å². The molecule has 0 saturated heterocycles. The highest BCUT2D eigenvalue weighted by molar-refractivity contribution is 9.10. The number of fused-ring (bicyclic) bond motifs is 1. The predicted molar refractivity (Wildman–Crippen MR) is 113 cm³/mol. The van der Waals surface area contributed by atoms with Crippen molar-refractivity contribution in [3.05, 3.63) is 34.2 Å². The molecule has 5 nitrogen and oxygen atoms in total. The van der Waals surface area contributed by atoms with Crippen LogP contribution in [0.25, 0.3) is 10.9 Å². The molecule has 2 aromatic rings. The summed E-state index contributed by atoms with van der Waals surface area (Å²) in [4.78, 5) is 21.7. The van der Waals surface area contributed by atoms with Gasteiger partial charge in [0, 0.05) is 22.3 Å². The van der Waals surface area contributed by atoms with Crippen LogP contribution >= 0.6 is 15.9 Å². The van der Waals surface area contributed by atoms with Crippen LogP contribution in [0.15, 0.2) is 22.7 Å². The van der Waals surface area contributed by atoms with Gasteiger partial charge in [-0.1, -0.05) is 36.7 Å². The van der Waals surface area contributed by atoms with Gasteiger partial charge < -0.3 is 10.1 Å². The van der Waals surface area contributed by atoms with E-state index in [4.69, 9.17) is 14.7 Å². The Morgan fingerprint density at radius 2 is 1.96 bits per heavy atom. The fraction of sp³-hybridized carbons (Fsp3) is 0.571. The standard InChI is InChI=1S/C21H30BrN3O2/c1-7-17-16-11-15(22)8-9-18(16)25-19(24-17)14(10-13(2)3)12-23-20(26)27-21(4,5)6/h8-9,11,13-14H,7,10,12H2,1-6H3,(H,23,26). The molecule has 1 aromatic carbocycles. The summed E-state index contributed by atoms with van der Waals surface area (Å²) in [5.74, 6) is 1.28. The van der Waals surface area contributed by atoms with Gasteiger partial charge in [-0.3, -0.25) is 0 Å². The Bertz CT molecular complexity index is 800. The van der Waals surface area contributed by atoms with Crippen molar-refractivity contribution in [2.24, 2.45) is 5.92 Å². The number of hydrogen-bond acceptors (Lipinski definition) is 4. The number of alkyl carbamates (subject to hydrolysis) is 1. The molecule has 0 aliphatic heterocycles. The molecule has 2 rings (SSSR count). The van der Waals surface area contributed by atoms with Gasteiger partial charge in [0.25, 0.3) is 0 Å². The maximum Gasteiger partial charge on any atom is 0.407 e. The van der Waals surface area contributed by atoms with Gasteiger partial charge >= 0.3 is 6.09 Å². The van der Waals surface area contributed by atoms with Crippen LogP contribution in [0, 0.1) is 5.92 Å². The lowest BCUT2D eigenvalue weighted by Crippen LogP contribution is -2.35. The van der Waals surface area contributed by atoms with E-state index in [0.29, 0.717) is 12.5 Å². The summed E-state index contributed by atoms with van der Waals surface area (Å²) < 4.78 is 6.38. The summed E-state index contributed by atoms with van der Waals surface area (Å²) in [6.07, 6.45) is 1.31. The molecule has 0 spiro atoms. The number of hydrogen-bond donors (Lipinski definition) is 1. The van der Waals surface area contributed by atoms with E-state index in [0.717, 1.165) is 39.7 Å². The number of nitrogens with zero attached hydrogens (tertiary/aromatic N) is 2. The number of ether oxygens (including phenoxy) is 1. The summed E-state index contributed by atoms with van der Waals surface area (Å²) >= 11 is 3.52. The average molecular weight is 436 g/mol. The first-order valence-corrected chi connectivity index (χ1v) is 10.3. The Morgan fingerprint density at radius 3 is 2.56 bits per heavy atom. The average Bonchev–Trinajstić information content (AvgIpc) is 2.55. The van der Waals surface area contributed by atoms with E-state index >= 15 is 0 Å². The van der Waals surface area contributed by atoms with Crippen LogP contribution in [0.2, 0.25) is 0 Å². The Kier molecular flexibility index (Phi) is 7.20. The minimum absolute atomic E-state index is 0.0378. The molecular weight excluding hydrogens is 406 g/mol. The SMILES string of the molecule is CCc1nc(C(CNC(=O)OC(C)(C)C)CC(C)C)nc2ccc(Br)cc12. The molecule has 1 heterocycles. The highest BCUT2D eigenvalue weighted by Gasteiger charge is 2.22. The van der Waals surface area contributed by atoms with Gasteiger partial charge in [-0.05, 0) is 57.7 Å². The van der Waals surface area contributed by atoms with E-state index in [2.05, 4.69) is 48.1 Å². The number of nitrogens with one attached hydrogen (secondary N) is 1. The summed E-state index contributed by atoms with van der Waals surface area (Å²) in [6, 6.07) is 6.07. The third kappa shape index (κ3) is 6.45. The zero-order valence-corrected chi connectivity index (χ0v) is 18.7. The lowest BCUT2D eigenvalue weighted by molar-refractivity contribution is 0.0522. The molecule has 0 fully saturated rings. The van der Waals surface area contributed by atoms with Crippen LogP contribution < -0.4 is 5.32 Å². The zero-order valence-electron chi connectivity index (χ0n) is 17.1. The van der Waals surface area contributed by atoms with E-state index in [1.807, 2.05) is 32.9 Å². The zero-order chi connectivity index (χ0) is 20.2. The fourth-order valence-electron chi connectivity index (χ4n) is 3.01. The lowest BCUT2D eigenvalue weighted by Gasteiger charge is -2.23. The molecule has 6 heteroatoms. The molecule has 0 bridgehead atoms. The molecule has 27 heavy (non-hydrogen) atoms. The summed E-state index contributed by atoms with van der Waals surface area (Å²) in [6.45, 7) is 12.5. The second-order valence-electron chi connectivity index (χ2n) is 8.25. The van der Waals surface area contributed by atoms with Crippen LogP contribution in [0.3, 0.4) is 0 Å². The number of carbonyl (C=O) groups excluding carboxylic acids is 1. The van der Waals surface area contributed by atoms with Crippen LogP contribution in [0.4, 0.5) is 4.79 Å². The fourth-order valence-corrected chi connectivity index (χ4v) is 3.37. The Hall–Kier alpha value is -1.69. The number of benzene rings is 1. The van der Waals surface area contributed by atoms with Gasteiger partial charge in [-0.25, -0.2) is 14.8 Å². The molecule has 0 aliphatic rings. The number of halogens is 1. The Balaban J connectivity index is 2.30. The van der Waals surface area contributed by atoms with E-state index in [-0.39, 0.29) is 5.92 Å². The first kappa shape index (κ1) is 21.6. The molecule has 1 amide bonds. The second-order valence-corrected chi connectivity index (χ2v) is 9.17. The number of amides is 1. The highest BCUT2D eigenvalue weighted by atomic mass is 79.9. The van der Waals surface area contributed by atoms with Crippen molar-refractivity contribution in [3.8, 4) is 0 Å². The largest absolute Gasteiger partial charge is 0.444 e. The normalized spacial score (nSPS) is 13.0. The van der Waals surface area contributed by atoms with E-state index in [9.17, 15) is 4.79 Å². The summed E-state index contributed by atoms with van der Waals surface area (Å²) in [7, 11) is 0. The van der Waals surface area contributed by atoms with Gasteiger partial charge in [-0.15, -0.1) is 0 Å². The third-order valence-electron chi connectivity index (χ3n) is 4.10. The Morgan fingerprint density at radius 1 is 1.26 bits per heavy atom. The van der Waals surface area contributed by atoms with E-state index in [1.165, 1.54) is 0 Å². The minimum atomic E-state index is -0.514. The molecule has 1 unspecified atom stereocenters. The van der Waals surface area contributed by atoms with Crippen molar-refractivity contribution in [3.63, 3.8) is 0 Å². The molecule has 1 atom stereocenters. The second kappa shape index (κ2) is 9.00. The van der Waals surface area contributed by atoms with Crippen molar-refractivity contribution in [1.29, 1.82) is 0 Å². The lowest BCUT2D eigenvalue weighted by atomic mass is 9.95. The minimum Gasteiger partial charge on any atom is -0.444 e. The van der Waals surface area contributed by atoms with Gasteiger partial charge in [0.1, 0.15) is 11.4 Å². The maximum absolute atomic E-state index is 12.1. The summed E-state index contributed by atoms with van der Waals surface area (Å²) in [5.41, 5.74) is 1.45. The first-order chi connectivity index (χ1) is 12.6. The number of rotatable bonds is 6. The molecule has 148 valence electrons. The topological polar surface area (TPSA) is 64.1 Å². The molecule has 0 saturated carbocycles. The van der Waals surface area contributed by atoms with E-state index in [1.54, 1.807) is 0 Å². The van der Waals surface area contributed by atoms with Crippen molar-refractivity contribution in [2.45, 2.75) is 65.9 Å². The van der Waals surface area contributed by atoms with Gasteiger partial charge in [0.15, 0.2) is 0 Å². The first-order valence-electron chi connectivity index (χ1n) is 9.52. The predicted octanol–water partition coefficient (Wildman–Crippen LogP) is 5.61. The monoisotopic (exact) mass is 435 g/mol. The van der Waals surface area contributed by atoms with Crippen LogP contribution in [0.5, 0.6) is 0 Å². The molecule has 0 aliphatic carbocycles. The highest BCUT2D eigenvalue weighted by Crippen LogP contribution is 2.26. The van der Waals surface area contributed by atoms with Crippen molar-refractivity contribution >= 4 is 32.9 Å². The maximum atomic E-state index is 12.1. The van der Waals surface area contributed by atoms with Crippen molar-refractivity contribution in [2.75, 3.05) is 6.54 Å². The number of aromatic nitrogens is 2. The molecule has 0 radical (unpaired) electrons. The number of carbonyl (C=O) groups is 1. The third-order valence-corrected chi connectivity index (χ3v) is 4.59. The molecule has 1 N–H and O–H groups in total. The smallest absolute Gasteiger partial charge is 0.407 e. The summed E-state index contributed by atoms with van der Waals surface area (Å²) in [5, 5.41) is 3.96. The molecular formula is C21H30BrN3O2. The Labute approximate surface area is 170 Å².